The molecule has 1 unspecified atom stereocenters. The van der Waals surface area contributed by atoms with Gasteiger partial charge in [-0.3, -0.25) is 0 Å². The number of hydrogen-bond acceptors (Lipinski definition) is 3. The van der Waals surface area contributed by atoms with Crippen LogP contribution in [0, 0.1) is 0 Å². The molecule has 90 valence electrons. The van der Waals surface area contributed by atoms with Crippen molar-refractivity contribution in [1.82, 2.24) is 15.1 Å². The van der Waals surface area contributed by atoms with Gasteiger partial charge >= 0.3 is 0 Å². The van der Waals surface area contributed by atoms with Crippen LogP contribution in [0.5, 0.6) is 5.75 Å². The smallest absolute Gasteiger partial charge is 0.141 e. The third-order valence-corrected chi connectivity index (χ3v) is 2.80. The van der Waals surface area contributed by atoms with E-state index < -0.39 is 0 Å². The van der Waals surface area contributed by atoms with E-state index in [9.17, 15) is 5.11 Å². The van der Waals surface area contributed by atoms with E-state index in [4.69, 9.17) is 0 Å². The molecule has 0 amide bonds. The molecule has 2 N–H and O–H groups in total. The Labute approximate surface area is 101 Å². The summed E-state index contributed by atoms with van der Waals surface area (Å²) in [5.41, 5.74) is 1.80. The lowest BCUT2D eigenvalue weighted by molar-refractivity contribution is 0.468. The van der Waals surface area contributed by atoms with Crippen molar-refractivity contribution in [1.29, 1.82) is 0 Å². The van der Waals surface area contributed by atoms with Crippen LogP contribution >= 0.6 is 0 Å². The molecule has 4 nitrogen and oxygen atoms in total. The predicted molar refractivity (Wildman–Crippen MR) is 67.6 cm³/mol. The van der Waals surface area contributed by atoms with Gasteiger partial charge in [-0.2, -0.15) is 5.10 Å². The van der Waals surface area contributed by atoms with Crippen molar-refractivity contribution in [3.63, 3.8) is 0 Å². The van der Waals surface area contributed by atoms with Gasteiger partial charge in [0.1, 0.15) is 11.4 Å². The maximum atomic E-state index is 9.84. The van der Waals surface area contributed by atoms with Gasteiger partial charge in [-0.15, -0.1) is 0 Å². The molecule has 0 saturated carbocycles. The largest absolute Gasteiger partial charge is 0.506 e. The van der Waals surface area contributed by atoms with Gasteiger partial charge in [-0.05, 0) is 25.2 Å². The van der Waals surface area contributed by atoms with E-state index in [2.05, 4.69) is 17.3 Å². The fourth-order valence-electron chi connectivity index (χ4n) is 1.94. The van der Waals surface area contributed by atoms with Gasteiger partial charge in [-0.1, -0.05) is 19.1 Å². The van der Waals surface area contributed by atoms with Gasteiger partial charge in [0.2, 0.25) is 0 Å². The Hall–Kier alpha value is -1.81. The molecule has 1 aromatic heterocycles. The number of aromatic nitrogens is 2. The molecule has 1 heterocycles. The highest BCUT2D eigenvalue weighted by Crippen LogP contribution is 2.24. The average Bonchev–Trinajstić information content (AvgIpc) is 2.79. The number of para-hydroxylation sites is 2. The first-order valence-corrected chi connectivity index (χ1v) is 5.71. The number of benzene rings is 1. The zero-order valence-electron chi connectivity index (χ0n) is 10.1. The predicted octanol–water partition coefficient (Wildman–Crippen LogP) is 1.90. The maximum absolute atomic E-state index is 9.84. The van der Waals surface area contributed by atoms with Crippen LogP contribution in [0.15, 0.2) is 36.5 Å². The highest BCUT2D eigenvalue weighted by Gasteiger charge is 2.13. The molecule has 0 fully saturated rings. The van der Waals surface area contributed by atoms with Gasteiger partial charge in [-0.25, -0.2) is 4.68 Å². The van der Waals surface area contributed by atoms with E-state index in [1.165, 1.54) is 0 Å². The topological polar surface area (TPSA) is 50.1 Å². The number of nitrogens with one attached hydrogen (secondary N) is 1. The van der Waals surface area contributed by atoms with E-state index in [0.717, 1.165) is 17.9 Å². The minimum absolute atomic E-state index is 0.245. The number of phenolic OH excluding ortho intramolecular Hbond substituents is 1. The Morgan fingerprint density at radius 2 is 2.12 bits per heavy atom. The van der Waals surface area contributed by atoms with E-state index in [1.807, 2.05) is 25.2 Å². The van der Waals surface area contributed by atoms with Crippen LogP contribution in [-0.4, -0.2) is 28.5 Å². The van der Waals surface area contributed by atoms with Crippen molar-refractivity contribution in [3.8, 4) is 11.4 Å². The summed E-state index contributed by atoms with van der Waals surface area (Å²) in [7, 11) is 1.93. The van der Waals surface area contributed by atoms with E-state index in [1.54, 1.807) is 23.0 Å². The summed E-state index contributed by atoms with van der Waals surface area (Å²) in [6.07, 6.45) is 1.76. The molecule has 0 radical (unpaired) electrons. The van der Waals surface area contributed by atoms with Crippen molar-refractivity contribution < 1.29 is 5.11 Å². The van der Waals surface area contributed by atoms with Crippen molar-refractivity contribution in [2.75, 3.05) is 13.6 Å². The molecule has 17 heavy (non-hydrogen) atoms. The number of aromatic hydroxyl groups is 1. The number of phenols is 1. The van der Waals surface area contributed by atoms with Crippen LogP contribution < -0.4 is 5.32 Å². The summed E-state index contributed by atoms with van der Waals surface area (Å²) in [5, 5.41) is 17.3. The molecule has 0 saturated heterocycles. The fourth-order valence-corrected chi connectivity index (χ4v) is 1.94. The number of hydrogen-bond donors (Lipinski definition) is 2. The molecule has 2 aromatic rings. The standard InChI is InChI=1S/C13H17N3O/c1-10(9-14-2)11-7-8-15-16(11)12-5-3-4-6-13(12)17/h3-8,10,14,17H,9H2,1-2H3. The van der Waals surface area contributed by atoms with E-state index in [-0.39, 0.29) is 5.75 Å². The molecule has 0 aliphatic rings. The lowest BCUT2D eigenvalue weighted by atomic mass is 10.1. The number of rotatable bonds is 4. The van der Waals surface area contributed by atoms with Crippen LogP contribution in [-0.2, 0) is 0 Å². The van der Waals surface area contributed by atoms with Crippen LogP contribution in [0.1, 0.15) is 18.5 Å². The van der Waals surface area contributed by atoms with Crippen molar-refractivity contribution in [2.45, 2.75) is 12.8 Å². The van der Waals surface area contributed by atoms with Crippen LogP contribution in [0.3, 0.4) is 0 Å². The van der Waals surface area contributed by atoms with Crippen LogP contribution in [0.25, 0.3) is 5.69 Å². The van der Waals surface area contributed by atoms with Crippen molar-refractivity contribution in [3.05, 3.63) is 42.2 Å². The van der Waals surface area contributed by atoms with Gasteiger partial charge in [0.15, 0.2) is 0 Å². The van der Waals surface area contributed by atoms with E-state index >= 15 is 0 Å². The Morgan fingerprint density at radius 3 is 2.82 bits per heavy atom. The van der Waals surface area contributed by atoms with Crippen molar-refractivity contribution >= 4 is 0 Å². The summed E-state index contributed by atoms with van der Waals surface area (Å²) >= 11 is 0. The normalized spacial score (nSPS) is 12.6. The van der Waals surface area contributed by atoms with Gasteiger partial charge in [0, 0.05) is 24.4 Å². The summed E-state index contributed by atoms with van der Waals surface area (Å²) in [6.45, 7) is 3.00. The molecule has 0 aliphatic carbocycles. The SMILES string of the molecule is CNCC(C)c1ccnn1-c1ccccc1O. The minimum atomic E-state index is 0.245. The second-order valence-electron chi connectivity index (χ2n) is 4.12. The summed E-state index contributed by atoms with van der Waals surface area (Å²) < 4.78 is 1.79. The summed E-state index contributed by atoms with van der Waals surface area (Å²) in [5.74, 6) is 0.580. The zero-order valence-corrected chi connectivity index (χ0v) is 10.1. The Balaban J connectivity index is 2.40. The lowest BCUT2D eigenvalue weighted by Gasteiger charge is -2.14. The lowest BCUT2D eigenvalue weighted by Crippen LogP contribution is -2.17. The third kappa shape index (κ3) is 2.31. The molecule has 1 atom stereocenters. The molecule has 4 heteroatoms. The molecule has 2 rings (SSSR count). The van der Waals surface area contributed by atoms with Gasteiger partial charge in [0.05, 0.1) is 0 Å². The molecular formula is C13H17N3O. The maximum Gasteiger partial charge on any atom is 0.141 e. The third-order valence-electron chi connectivity index (χ3n) is 2.80. The molecular weight excluding hydrogens is 214 g/mol. The van der Waals surface area contributed by atoms with Crippen LogP contribution in [0.2, 0.25) is 0 Å². The van der Waals surface area contributed by atoms with Gasteiger partial charge < -0.3 is 10.4 Å². The van der Waals surface area contributed by atoms with Crippen LogP contribution in [0.4, 0.5) is 0 Å². The monoisotopic (exact) mass is 231 g/mol. The van der Waals surface area contributed by atoms with Gasteiger partial charge in [0.25, 0.3) is 0 Å². The quantitative estimate of drug-likeness (QED) is 0.845. The molecule has 1 aromatic carbocycles. The van der Waals surface area contributed by atoms with Crippen molar-refractivity contribution in [2.24, 2.45) is 0 Å². The first-order valence-electron chi connectivity index (χ1n) is 5.71. The Morgan fingerprint density at radius 1 is 1.35 bits per heavy atom. The average molecular weight is 231 g/mol. The number of nitrogens with zero attached hydrogens (tertiary/aromatic N) is 2. The molecule has 0 aliphatic heterocycles. The Bertz CT molecular complexity index is 493. The zero-order chi connectivity index (χ0) is 12.3. The molecule has 0 bridgehead atoms. The first-order chi connectivity index (χ1) is 8.24. The second kappa shape index (κ2) is 5.01. The summed E-state index contributed by atoms with van der Waals surface area (Å²) in [6, 6.07) is 9.21. The molecule has 0 spiro atoms. The second-order valence-corrected chi connectivity index (χ2v) is 4.12. The Kier molecular flexibility index (Phi) is 3.44. The highest BCUT2D eigenvalue weighted by atomic mass is 16.3. The summed E-state index contributed by atoms with van der Waals surface area (Å²) in [4.78, 5) is 0. The fraction of sp³-hybridized carbons (Fsp3) is 0.308. The first kappa shape index (κ1) is 11.7. The minimum Gasteiger partial charge on any atom is -0.506 e. The highest BCUT2D eigenvalue weighted by molar-refractivity contribution is 5.46. The number of likely N-dealkylation sites (N-methyl/N-ethyl adjacent to an activating group) is 1. The van der Waals surface area contributed by atoms with E-state index in [0.29, 0.717) is 5.92 Å².